The van der Waals surface area contributed by atoms with E-state index in [1.54, 1.807) is 7.11 Å². The van der Waals surface area contributed by atoms with E-state index in [2.05, 4.69) is 55.3 Å². The molecule has 0 radical (unpaired) electrons. The summed E-state index contributed by atoms with van der Waals surface area (Å²) in [6.07, 6.45) is 14.2. The topological polar surface area (TPSA) is 21.6 Å². The van der Waals surface area contributed by atoms with Gasteiger partial charge in [-0.25, -0.2) is 0 Å². The fourth-order valence-electron chi connectivity index (χ4n) is 2.89. The van der Waals surface area contributed by atoms with Gasteiger partial charge in [0.15, 0.2) is 0 Å². The van der Waals surface area contributed by atoms with Gasteiger partial charge < -0.3 is 4.74 Å². The molecule has 0 heterocycles. The van der Waals surface area contributed by atoms with Crippen LogP contribution in [0.3, 0.4) is 0 Å². The molecule has 1 atom stereocenters. The van der Waals surface area contributed by atoms with Crippen LogP contribution in [0.15, 0.2) is 53.6 Å². The zero-order valence-electron chi connectivity index (χ0n) is 18.6. The van der Waals surface area contributed by atoms with E-state index in [9.17, 15) is 0 Å². The maximum atomic E-state index is 5.75. The minimum atomic E-state index is 0.199. The molecule has 0 aromatic heterocycles. The summed E-state index contributed by atoms with van der Waals surface area (Å²) in [5.74, 6) is 1.62. The second kappa shape index (κ2) is 15.0. The van der Waals surface area contributed by atoms with Gasteiger partial charge in [-0.1, -0.05) is 84.0 Å². The molecular weight excluding hydrogens is 330 g/mol. The van der Waals surface area contributed by atoms with Crippen LogP contribution in [0.4, 0.5) is 0 Å². The third-order valence-corrected chi connectivity index (χ3v) is 3.89. The lowest BCUT2D eigenvalue weighted by Crippen LogP contribution is -2.07. The first kappa shape index (κ1) is 24.9. The van der Waals surface area contributed by atoms with Crippen molar-refractivity contribution < 1.29 is 4.74 Å². The summed E-state index contributed by atoms with van der Waals surface area (Å²) in [7, 11) is 1.77. The lowest BCUT2D eigenvalue weighted by Gasteiger charge is -2.20. The zero-order chi connectivity index (χ0) is 20.7. The van der Waals surface area contributed by atoms with Crippen LogP contribution in [-0.2, 0) is 6.42 Å². The second-order valence-corrected chi connectivity index (χ2v) is 6.27. The lowest BCUT2D eigenvalue weighted by atomic mass is 9.91. The van der Waals surface area contributed by atoms with Crippen LogP contribution >= 0.6 is 0 Å². The Morgan fingerprint density at radius 1 is 1.19 bits per heavy atom. The molecule has 0 amide bonds. The number of benzene rings is 1. The summed E-state index contributed by atoms with van der Waals surface area (Å²) >= 11 is 0. The maximum Gasteiger partial charge on any atom is 0.129 e. The van der Waals surface area contributed by atoms with Gasteiger partial charge in [-0.3, -0.25) is 4.99 Å². The highest BCUT2D eigenvalue weighted by Crippen LogP contribution is 2.35. The number of hydrogen-bond donors (Lipinski definition) is 0. The van der Waals surface area contributed by atoms with Gasteiger partial charge >= 0.3 is 0 Å². The number of para-hydroxylation sites is 1. The third-order valence-electron chi connectivity index (χ3n) is 3.89. The molecule has 2 heteroatoms. The van der Waals surface area contributed by atoms with Gasteiger partial charge in [-0.15, -0.1) is 0 Å². The van der Waals surface area contributed by atoms with E-state index in [4.69, 9.17) is 4.74 Å². The van der Waals surface area contributed by atoms with E-state index < -0.39 is 0 Å². The highest BCUT2D eigenvalue weighted by Gasteiger charge is 2.17. The lowest BCUT2D eigenvalue weighted by molar-refractivity contribution is 0.405. The minimum Gasteiger partial charge on any atom is -0.496 e. The van der Waals surface area contributed by atoms with Crippen LogP contribution in [-0.4, -0.2) is 19.4 Å². The van der Waals surface area contributed by atoms with E-state index in [1.807, 2.05) is 53.0 Å². The SMILES string of the molecule is C/C=C\C=NC1C=CC=C(c2cccc(CC(C)C)c2OC)C1.CC.CC. The zero-order valence-corrected chi connectivity index (χ0v) is 18.6. The molecule has 0 N–H and O–H groups in total. The fraction of sp³-hybridized carbons (Fsp3) is 0.480. The van der Waals surface area contributed by atoms with Crippen LogP contribution in [0, 0.1) is 5.92 Å². The molecule has 0 fully saturated rings. The molecular formula is C25H39NO. The van der Waals surface area contributed by atoms with Crippen molar-refractivity contribution in [1.29, 1.82) is 0 Å². The molecule has 0 aliphatic heterocycles. The van der Waals surface area contributed by atoms with Gasteiger partial charge in [0.05, 0.1) is 13.2 Å². The first-order chi connectivity index (χ1) is 13.2. The highest BCUT2D eigenvalue weighted by molar-refractivity contribution is 5.76. The summed E-state index contributed by atoms with van der Waals surface area (Å²) < 4.78 is 5.75. The van der Waals surface area contributed by atoms with Gasteiger partial charge in [0, 0.05) is 11.8 Å². The number of aliphatic imine (C=N–C) groups is 1. The number of hydrogen-bond acceptors (Lipinski definition) is 2. The molecule has 1 aromatic carbocycles. The molecule has 27 heavy (non-hydrogen) atoms. The molecule has 1 aromatic rings. The first-order valence-electron chi connectivity index (χ1n) is 10.3. The van der Waals surface area contributed by atoms with Gasteiger partial charge in [-0.2, -0.15) is 0 Å². The molecule has 2 nitrogen and oxygen atoms in total. The molecule has 0 spiro atoms. The number of allylic oxidation sites excluding steroid dienone is 4. The average molecular weight is 370 g/mol. The predicted molar refractivity (Wildman–Crippen MR) is 123 cm³/mol. The summed E-state index contributed by atoms with van der Waals surface area (Å²) in [4.78, 5) is 4.59. The van der Waals surface area contributed by atoms with E-state index in [0.29, 0.717) is 5.92 Å². The Balaban J connectivity index is 0.00000158. The predicted octanol–water partition coefficient (Wildman–Crippen LogP) is 7.30. The monoisotopic (exact) mass is 369 g/mol. The van der Waals surface area contributed by atoms with Crippen LogP contribution in [0.2, 0.25) is 0 Å². The summed E-state index contributed by atoms with van der Waals surface area (Å²) in [6, 6.07) is 6.65. The van der Waals surface area contributed by atoms with Crippen molar-refractivity contribution in [1.82, 2.24) is 0 Å². The van der Waals surface area contributed by atoms with E-state index in [1.165, 1.54) is 16.7 Å². The Hall–Kier alpha value is -2.09. The maximum absolute atomic E-state index is 5.75. The van der Waals surface area contributed by atoms with Gasteiger partial charge in [0.2, 0.25) is 0 Å². The van der Waals surface area contributed by atoms with Crippen LogP contribution < -0.4 is 4.74 Å². The molecule has 0 saturated carbocycles. The quantitative estimate of drug-likeness (QED) is 0.482. The van der Waals surface area contributed by atoms with E-state index >= 15 is 0 Å². The second-order valence-electron chi connectivity index (χ2n) is 6.27. The van der Waals surface area contributed by atoms with E-state index in [-0.39, 0.29) is 6.04 Å². The Kier molecular flexibility index (Phi) is 13.9. The number of methoxy groups -OCH3 is 1. The summed E-state index contributed by atoms with van der Waals surface area (Å²) in [5, 5.41) is 0. The summed E-state index contributed by atoms with van der Waals surface area (Å²) in [6.45, 7) is 14.5. The molecule has 2 rings (SSSR count). The molecule has 150 valence electrons. The van der Waals surface area contributed by atoms with Gasteiger partial charge in [-0.05, 0) is 42.9 Å². The van der Waals surface area contributed by atoms with E-state index in [0.717, 1.165) is 18.6 Å². The fourth-order valence-corrected chi connectivity index (χ4v) is 2.89. The summed E-state index contributed by atoms with van der Waals surface area (Å²) in [5.41, 5.74) is 3.77. The first-order valence-corrected chi connectivity index (χ1v) is 10.3. The average Bonchev–Trinajstić information content (AvgIpc) is 2.71. The van der Waals surface area contributed by atoms with Crippen molar-refractivity contribution in [3.63, 3.8) is 0 Å². The smallest absolute Gasteiger partial charge is 0.129 e. The van der Waals surface area contributed by atoms with Crippen molar-refractivity contribution in [3.05, 3.63) is 59.7 Å². The van der Waals surface area contributed by atoms with Crippen LogP contribution in [0.1, 0.15) is 66.0 Å². The Labute approximate surface area is 167 Å². The van der Waals surface area contributed by atoms with Crippen LogP contribution in [0.5, 0.6) is 5.75 Å². The molecule has 1 aliphatic rings. The number of ether oxygens (including phenoxy) is 1. The third kappa shape index (κ3) is 8.43. The normalized spacial score (nSPS) is 15.9. The Morgan fingerprint density at radius 3 is 2.48 bits per heavy atom. The minimum absolute atomic E-state index is 0.199. The number of rotatable bonds is 6. The van der Waals surface area contributed by atoms with Crippen molar-refractivity contribution in [2.75, 3.05) is 7.11 Å². The Morgan fingerprint density at radius 2 is 1.89 bits per heavy atom. The highest BCUT2D eigenvalue weighted by atomic mass is 16.5. The van der Waals surface area contributed by atoms with Crippen molar-refractivity contribution in [3.8, 4) is 5.75 Å². The number of nitrogens with zero attached hydrogens (tertiary/aromatic N) is 1. The van der Waals surface area contributed by atoms with Crippen LogP contribution in [0.25, 0.3) is 5.57 Å². The van der Waals surface area contributed by atoms with Gasteiger partial charge in [0.1, 0.15) is 5.75 Å². The molecule has 1 unspecified atom stereocenters. The largest absolute Gasteiger partial charge is 0.496 e. The van der Waals surface area contributed by atoms with Gasteiger partial charge in [0.25, 0.3) is 0 Å². The Bertz CT molecular complexity index is 636. The molecule has 0 bridgehead atoms. The van der Waals surface area contributed by atoms with Crippen molar-refractivity contribution in [2.24, 2.45) is 10.9 Å². The van der Waals surface area contributed by atoms with Crippen molar-refractivity contribution in [2.45, 2.75) is 67.3 Å². The molecule has 1 aliphatic carbocycles. The standard InChI is InChI=1S/C21H27NO.2C2H6/c1-5-6-13-22-19-11-7-9-17(15-19)20-12-8-10-18(14-16(2)3)21(20)23-4;2*1-2/h5-13,16,19H,14-15H2,1-4H3;2*1-2H3/b6-5-,22-13?;;. The molecule has 0 saturated heterocycles. The van der Waals surface area contributed by atoms with Crippen molar-refractivity contribution >= 4 is 11.8 Å².